The second kappa shape index (κ2) is 3.95. The number of rotatable bonds is 1. The van der Waals surface area contributed by atoms with Crippen LogP contribution < -0.4 is 5.56 Å². The molecule has 0 saturated carbocycles. The van der Waals surface area contributed by atoms with Gasteiger partial charge in [0.2, 0.25) is 0 Å². The summed E-state index contributed by atoms with van der Waals surface area (Å²) in [6, 6.07) is 7.91. The molecule has 0 amide bonds. The van der Waals surface area contributed by atoms with Gasteiger partial charge in [-0.2, -0.15) is 0 Å². The summed E-state index contributed by atoms with van der Waals surface area (Å²) in [5, 5.41) is 0.593. The quantitative estimate of drug-likeness (QED) is 0.639. The van der Waals surface area contributed by atoms with Gasteiger partial charge in [-0.05, 0) is 0 Å². The Morgan fingerprint density at radius 2 is 2.18 bits per heavy atom. The molecular formula is C12H7FN2OSe. The van der Waals surface area contributed by atoms with Gasteiger partial charge in [0.1, 0.15) is 0 Å². The standard InChI is InChI=1S/C12H7FN2OSe/c13-8-3-4-10-11(6-8)17-15(12(10)16)9-2-1-5-14-7-9/h1-7H. The molecule has 5 heteroatoms. The van der Waals surface area contributed by atoms with Crippen LogP contribution in [0, 0.1) is 5.82 Å². The molecule has 2 aromatic heterocycles. The molecule has 2 heterocycles. The molecule has 0 aliphatic carbocycles. The fourth-order valence-corrected chi connectivity index (χ4v) is 3.76. The van der Waals surface area contributed by atoms with Gasteiger partial charge < -0.3 is 0 Å². The number of nitrogens with zero attached hydrogens (tertiary/aromatic N) is 2. The van der Waals surface area contributed by atoms with Crippen molar-refractivity contribution in [3.05, 3.63) is 58.9 Å². The molecule has 0 saturated heterocycles. The van der Waals surface area contributed by atoms with Gasteiger partial charge in [0.05, 0.1) is 0 Å². The number of hydrogen-bond donors (Lipinski definition) is 0. The van der Waals surface area contributed by atoms with E-state index in [4.69, 9.17) is 0 Å². The Hall–Kier alpha value is -1.71. The van der Waals surface area contributed by atoms with Crippen molar-refractivity contribution in [3.63, 3.8) is 0 Å². The van der Waals surface area contributed by atoms with Crippen LogP contribution in [0.1, 0.15) is 0 Å². The molecule has 0 aliphatic rings. The van der Waals surface area contributed by atoms with Crippen molar-refractivity contribution in [1.82, 2.24) is 8.55 Å². The Labute approximate surface area is 102 Å². The van der Waals surface area contributed by atoms with Crippen LogP contribution in [0.2, 0.25) is 0 Å². The van der Waals surface area contributed by atoms with Crippen molar-refractivity contribution in [1.29, 1.82) is 0 Å². The molecule has 0 radical (unpaired) electrons. The summed E-state index contributed by atoms with van der Waals surface area (Å²) in [7, 11) is 0. The number of hydrogen-bond acceptors (Lipinski definition) is 2. The van der Waals surface area contributed by atoms with Crippen LogP contribution in [0.3, 0.4) is 0 Å². The van der Waals surface area contributed by atoms with Crippen LogP contribution >= 0.6 is 0 Å². The van der Waals surface area contributed by atoms with Gasteiger partial charge in [-0.1, -0.05) is 0 Å². The third-order valence-electron chi connectivity index (χ3n) is 2.43. The third kappa shape index (κ3) is 1.73. The fourth-order valence-electron chi connectivity index (χ4n) is 1.64. The van der Waals surface area contributed by atoms with Crippen LogP contribution in [-0.4, -0.2) is 23.3 Å². The molecule has 3 aromatic rings. The molecule has 0 spiro atoms. The van der Waals surface area contributed by atoms with Crippen LogP contribution in [0.4, 0.5) is 4.39 Å². The summed E-state index contributed by atoms with van der Waals surface area (Å²) in [4.78, 5) is 16.1. The van der Waals surface area contributed by atoms with E-state index in [0.717, 1.165) is 9.95 Å². The second-order valence-electron chi connectivity index (χ2n) is 3.54. The average molecular weight is 293 g/mol. The average Bonchev–Trinajstić information content (AvgIpc) is 2.67. The maximum atomic E-state index is 13.1. The van der Waals surface area contributed by atoms with Crippen LogP contribution in [-0.2, 0) is 0 Å². The van der Waals surface area contributed by atoms with Crippen molar-refractivity contribution in [2.75, 3.05) is 0 Å². The molecule has 0 atom stereocenters. The van der Waals surface area contributed by atoms with E-state index in [-0.39, 0.29) is 26.1 Å². The van der Waals surface area contributed by atoms with Crippen molar-refractivity contribution in [3.8, 4) is 5.69 Å². The number of fused-ring (bicyclic) bond motifs is 1. The van der Waals surface area contributed by atoms with E-state index in [0.29, 0.717) is 5.39 Å². The summed E-state index contributed by atoms with van der Waals surface area (Å²) < 4.78 is 15.5. The number of benzene rings is 1. The summed E-state index contributed by atoms with van der Waals surface area (Å²) in [5.41, 5.74) is 0.683. The summed E-state index contributed by atoms with van der Waals surface area (Å²) in [6.45, 7) is 0. The predicted molar refractivity (Wildman–Crippen MR) is 64.2 cm³/mol. The van der Waals surface area contributed by atoms with Gasteiger partial charge in [-0.15, -0.1) is 0 Å². The minimum absolute atomic E-state index is 0.0759. The molecular weight excluding hydrogens is 286 g/mol. The van der Waals surface area contributed by atoms with E-state index in [9.17, 15) is 9.18 Å². The molecule has 0 bridgehead atoms. The molecule has 0 fully saturated rings. The van der Waals surface area contributed by atoms with Crippen LogP contribution in [0.15, 0.2) is 47.5 Å². The topological polar surface area (TPSA) is 34.9 Å². The Morgan fingerprint density at radius 1 is 1.29 bits per heavy atom. The zero-order valence-electron chi connectivity index (χ0n) is 8.63. The first-order valence-corrected chi connectivity index (χ1v) is 6.60. The fraction of sp³-hybridized carbons (Fsp3) is 0. The maximum absolute atomic E-state index is 13.1. The van der Waals surface area contributed by atoms with Gasteiger partial charge in [0.25, 0.3) is 0 Å². The monoisotopic (exact) mass is 294 g/mol. The molecule has 0 unspecified atom stereocenters. The Morgan fingerprint density at radius 3 is 2.94 bits per heavy atom. The molecule has 0 aliphatic heterocycles. The van der Waals surface area contributed by atoms with E-state index in [1.165, 1.54) is 12.1 Å². The second-order valence-corrected chi connectivity index (χ2v) is 5.61. The van der Waals surface area contributed by atoms with Gasteiger partial charge in [0.15, 0.2) is 0 Å². The number of halogens is 1. The summed E-state index contributed by atoms with van der Waals surface area (Å²) >= 11 is -0.211. The molecule has 3 nitrogen and oxygen atoms in total. The molecule has 0 N–H and O–H groups in total. The first-order chi connectivity index (χ1) is 8.25. The molecule has 17 heavy (non-hydrogen) atoms. The molecule has 3 rings (SSSR count). The van der Waals surface area contributed by atoms with Crippen molar-refractivity contribution < 1.29 is 4.39 Å². The zero-order valence-corrected chi connectivity index (χ0v) is 10.3. The Balaban J connectivity index is 2.32. The van der Waals surface area contributed by atoms with Crippen molar-refractivity contribution >= 4 is 24.4 Å². The zero-order chi connectivity index (χ0) is 11.8. The normalized spacial score (nSPS) is 10.9. The summed E-state index contributed by atoms with van der Waals surface area (Å²) in [6.07, 6.45) is 3.30. The van der Waals surface area contributed by atoms with E-state index >= 15 is 0 Å². The van der Waals surface area contributed by atoms with Crippen LogP contribution in [0.5, 0.6) is 0 Å². The first-order valence-electron chi connectivity index (χ1n) is 4.98. The Kier molecular flexibility index (Phi) is 2.42. The minimum atomic E-state index is -0.300. The van der Waals surface area contributed by atoms with Gasteiger partial charge in [-0.3, -0.25) is 0 Å². The summed E-state index contributed by atoms with van der Waals surface area (Å²) in [5.74, 6) is -0.300. The number of pyridine rings is 1. The van der Waals surface area contributed by atoms with Gasteiger partial charge >= 0.3 is 102 Å². The SMILES string of the molecule is O=c1c2ccc(F)cc2[se]n1-c1cccnc1. The van der Waals surface area contributed by atoms with Crippen LogP contribution in [0.25, 0.3) is 15.3 Å². The van der Waals surface area contributed by atoms with E-state index in [2.05, 4.69) is 4.98 Å². The van der Waals surface area contributed by atoms with E-state index in [1.807, 2.05) is 6.07 Å². The first kappa shape index (κ1) is 10.4. The Bertz CT molecular complexity index is 733. The van der Waals surface area contributed by atoms with Gasteiger partial charge in [0, 0.05) is 0 Å². The van der Waals surface area contributed by atoms with Crippen molar-refractivity contribution in [2.24, 2.45) is 0 Å². The molecule has 84 valence electrons. The van der Waals surface area contributed by atoms with Gasteiger partial charge in [-0.25, -0.2) is 0 Å². The number of aromatic nitrogens is 2. The molecule has 1 aromatic carbocycles. The third-order valence-corrected chi connectivity index (χ3v) is 4.72. The predicted octanol–water partition coefficient (Wildman–Crippen LogP) is 1.58. The van der Waals surface area contributed by atoms with E-state index in [1.54, 1.807) is 28.1 Å². The van der Waals surface area contributed by atoms with E-state index < -0.39 is 0 Å². The van der Waals surface area contributed by atoms with Crippen molar-refractivity contribution in [2.45, 2.75) is 0 Å².